The normalized spacial score (nSPS) is 36.8. The van der Waals surface area contributed by atoms with Gasteiger partial charge in [0.2, 0.25) is 0 Å². The third-order valence-corrected chi connectivity index (χ3v) is 6.16. The first-order valence-corrected chi connectivity index (χ1v) is 8.36. The summed E-state index contributed by atoms with van der Waals surface area (Å²) >= 11 is 6.12. The fraction of sp³-hybridized carbons (Fsp3) is 0.611. The van der Waals surface area contributed by atoms with E-state index in [1.807, 2.05) is 6.07 Å². The zero-order valence-electron chi connectivity index (χ0n) is 12.4. The number of Topliss-reactive ketones (excluding diaryl/α,β-unsaturated/α-hetero) is 1. The zero-order chi connectivity index (χ0) is 14.6. The molecule has 0 radical (unpaired) electrons. The van der Waals surface area contributed by atoms with Gasteiger partial charge in [-0.15, -0.1) is 0 Å². The van der Waals surface area contributed by atoms with Crippen molar-refractivity contribution in [2.45, 2.75) is 38.5 Å². The van der Waals surface area contributed by atoms with Gasteiger partial charge in [-0.25, -0.2) is 0 Å². The third-order valence-electron chi connectivity index (χ3n) is 5.93. The molecule has 0 heterocycles. The van der Waals surface area contributed by atoms with Crippen LogP contribution in [-0.4, -0.2) is 12.9 Å². The number of ketones is 1. The Morgan fingerprint density at radius 1 is 1.14 bits per heavy atom. The molecule has 5 rings (SSSR count). The van der Waals surface area contributed by atoms with Crippen LogP contribution in [-0.2, 0) is 0 Å². The summed E-state index contributed by atoms with van der Waals surface area (Å²) in [5, 5.41) is 0.615. The summed E-state index contributed by atoms with van der Waals surface area (Å²) < 4.78 is 5.41. The van der Waals surface area contributed by atoms with E-state index in [0.29, 0.717) is 16.3 Å². The molecule has 0 aliphatic heterocycles. The van der Waals surface area contributed by atoms with Crippen molar-refractivity contribution in [2.75, 3.05) is 7.11 Å². The highest BCUT2D eigenvalue weighted by Crippen LogP contribution is 2.61. The summed E-state index contributed by atoms with van der Waals surface area (Å²) in [6, 6.07) is 5.40. The van der Waals surface area contributed by atoms with Crippen molar-refractivity contribution in [3.05, 3.63) is 28.8 Å². The predicted molar refractivity (Wildman–Crippen MR) is 82.9 cm³/mol. The lowest BCUT2D eigenvalue weighted by molar-refractivity contribution is -0.0354. The summed E-state index contributed by atoms with van der Waals surface area (Å²) in [5.41, 5.74) is 0.555. The summed E-state index contributed by atoms with van der Waals surface area (Å²) in [5.74, 6) is 3.25. The molecule has 0 spiro atoms. The molecule has 0 N–H and O–H groups in total. The molecular formula is C18H21ClO2. The van der Waals surface area contributed by atoms with E-state index in [-0.39, 0.29) is 11.2 Å². The van der Waals surface area contributed by atoms with Gasteiger partial charge in [0.05, 0.1) is 12.7 Å². The number of methoxy groups -OCH3 is 1. The Hall–Kier alpha value is -1.02. The SMILES string of the molecule is COc1ccc(Cl)cc1C(=O)C12CC3CC(CC(C3)C1)C2. The monoisotopic (exact) mass is 304 g/mol. The maximum absolute atomic E-state index is 13.3. The van der Waals surface area contributed by atoms with Gasteiger partial charge >= 0.3 is 0 Å². The van der Waals surface area contributed by atoms with Crippen LogP contribution in [0, 0.1) is 23.2 Å². The molecule has 21 heavy (non-hydrogen) atoms. The molecule has 2 nitrogen and oxygen atoms in total. The van der Waals surface area contributed by atoms with Crippen molar-refractivity contribution in [2.24, 2.45) is 23.2 Å². The number of ether oxygens (including phenoxy) is 1. The standard InChI is InChI=1S/C18H21ClO2/c1-21-16-3-2-14(19)7-15(16)17(20)18-8-11-4-12(9-18)6-13(5-11)10-18/h2-3,7,11-13H,4-6,8-10H2,1H3. The smallest absolute Gasteiger partial charge is 0.172 e. The van der Waals surface area contributed by atoms with Gasteiger partial charge in [-0.05, 0) is 74.5 Å². The van der Waals surface area contributed by atoms with Crippen LogP contribution in [0.4, 0.5) is 0 Å². The van der Waals surface area contributed by atoms with Crippen molar-refractivity contribution in [3.63, 3.8) is 0 Å². The van der Waals surface area contributed by atoms with Gasteiger partial charge < -0.3 is 4.74 Å². The molecule has 0 aromatic heterocycles. The van der Waals surface area contributed by atoms with Crippen LogP contribution in [0.25, 0.3) is 0 Å². The van der Waals surface area contributed by atoms with Crippen LogP contribution in [0.2, 0.25) is 5.02 Å². The van der Waals surface area contributed by atoms with E-state index in [2.05, 4.69) is 0 Å². The Morgan fingerprint density at radius 2 is 1.71 bits per heavy atom. The minimum absolute atomic E-state index is 0.132. The van der Waals surface area contributed by atoms with Crippen LogP contribution in [0.3, 0.4) is 0 Å². The lowest BCUT2D eigenvalue weighted by Crippen LogP contribution is -2.50. The van der Waals surface area contributed by atoms with Crippen molar-refractivity contribution < 1.29 is 9.53 Å². The quantitative estimate of drug-likeness (QED) is 0.753. The minimum atomic E-state index is -0.132. The number of halogens is 1. The molecule has 0 amide bonds. The first-order valence-electron chi connectivity index (χ1n) is 7.98. The maximum atomic E-state index is 13.3. The van der Waals surface area contributed by atoms with Gasteiger partial charge in [0.25, 0.3) is 0 Å². The molecule has 3 heteroatoms. The van der Waals surface area contributed by atoms with Gasteiger partial charge in [-0.2, -0.15) is 0 Å². The topological polar surface area (TPSA) is 26.3 Å². The Bertz CT molecular complexity index is 558. The summed E-state index contributed by atoms with van der Waals surface area (Å²) in [4.78, 5) is 13.3. The van der Waals surface area contributed by atoms with Gasteiger partial charge in [-0.3, -0.25) is 4.79 Å². The summed E-state index contributed by atoms with van der Waals surface area (Å²) in [6.07, 6.45) is 7.27. The van der Waals surface area contributed by atoms with E-state index in [1.54, 1.807) is 19.2 Å². The van der Waals surface area contributed by atoms with Gasteiger partial charge in [0.1, 0.15) is 5.75 Å². The zero-order valence-corrected chi connectivity index (χ0v) is 13.2. The average molecular weight is 305 g/mol. The predicted octanol–water partition coefficient (Wildman–Crippen LogP) is 4.75. The highest BCUT2D eigenvalue weighted by atomic mass is 35.5. The first-order chi connectivity index (χ1) is 10.1. The molecule has 112 valence electrons. The number of hydrogen-bond donors (Lipinski definition) is 0. The molecule has 0 saturated heterocycles. The summed E-state index contributed by atoms with van der Waals surface area (Å²) in [7, 11) is 1.62. The molecule has 1 aromatic carbocycles. The van der Waals surface area contributed by atoms with Crippen molar-refractivity contribution in [1.82, 2.24) is 0 Å². The number of benzene rings is 1. The van der Waals surface area contributed by atoms with Gasteiger partial charge in [-0.1, -0.05) is 11.6 Å². The molecule has 4 fully saturated rings. The molecule has 0 atom stereocenters. The van der Waals surface area contributed by atoms with Gasteiger partial charge in [0.15, 0.2) is 5.78 Å². The number of carbonyl (C=O) groups excluding carboxylic acids is 1. The Labute approximate surface area is 130 Å². The lowest BCUT2D eigenvalue weighted by atomic mass is 9.48. The van der Waals surface area contributed by atoms with Crippen molar-refractivity contribution in [1.29, 1.82) is 0 Å². The molecular weight excluding hydrogens is 284 g/mol. The maximum Gasteiger partial charge on any atom is 0.172 e. The van der Waals surface area contributed by atoms with E-state index in [4.69, 9.17) is 16.3 Å². The number of rotatable bonds is 3. The largest absolute Gasteiger partial charge is 0.496 e. The van der Waals surface area contributed by atoms with Crippen LogP contribution in [0.5, 0.6) is 5.75 Å². The number of carbonyl (C=O) groups is 1. The molecule has 0 unspecified atom stereocenters. The lowest BCUT2D eigenvalue weighted by Gasteiger charge is -2.56. The van der Waals surface area contributed by atoms with Crippen molar-refractivity contribution in [3.8, 4) is 5.75 Å². The van der Waals surface area contributed by atoms with Crippen LogP contribution in [0.15, 0.2) is 18.2 Å². The average Bonchev–Trinajstić information content (AvgIpc) is 2.45. The Kier molecular flexibility index (Phi) is 3.08. The highest BCUT2D eigenvalue weighted by molar-refractivity contribution is 6.31. The Morgan fingerprint density at radius 3 is 2.24 bits per heavy atom. The fourth-order valence-electron chi connectivity index (χ4n) is 5.53. The van der Waals surface area contributed by atoms with E-state index < -0.39 is 0 Å². The highest BCUT2D eigenvalue weighted by Gasteiger charge is 2.54. The Balaban J connectivity index is 1.73. The van der Waals surface area contributed by atoms with Crippen LogP contribution >= 0.6 is 11.6 Å². The van der Waals surface area contributed by atoms with Gasteiger partial charge in [0, 0.05) is 10.4 Å². The molecule has 4 aliphatic carbocycles. The molecule has 4 aliphatic rings. The first kappa shape index (κ1) is 13.6. The second-order valence-corrected chi connectivity index (χ2v) is 7.81. The second-order valence-electron chi connectivity index (χ2n) is 7.37. The van der Waals surface area contributed by atoms with E-state index in [0.717, 1.165) is 37.0 Å². The molecule has 4 saturated carbocycles. The van der Waals surface area contributed by atoms with Crippen LogP contribution in [0.1, 0.15) is 48.9 Å². The van der Waals surface area contributed by atoms with E-state index >= 15 is 0 Å². The third kappa shape index (κ3) is 2.11. The van der Waals surface area contributed by atoms with E-state index in [1.165, 1.54) is 19.3 Å². The second kappa shape index (κ2) is 4.74. The number of hydrogen-bond acceptors (Lipinski definition) is 2. The fourth-order valence-corrected chi connectivity index (χ4v) is 5.70. The van der Waals surface area contributed by atoms with Crippen LogP contribution < -0.4 is 4.74 Å². The molecule has 4 bridgehead atoms. The molecule has 1 aromatic rings. The summed E-state index contributed by atoms with van der Waals surface area (Å²) in [6.45, 7) is 0. The van der Waals surface area contributed by atoms with Crippen molar-refractivity contribution >= 4 is 17.4 Å². The van der Waals surface area contributed by atoms with E-state index in [9.17, 15) is 4.79 Å². The minimum Gasteiger partial charge on any atom is -0.496 e.